The van der Waals surface area contributed by atoms with Gasteiger partial charge in [0.25, 0.3) is 5.91 Å². The number of aromatic nitrogens is 1. The molecule has 0 saturated heterocycles. The van der Waals surface area contributed by atoms with E-state index in [1.807, 2.05) is 79.7 Å². The highest BCUT2D eigenvalue weighted by molar-refractivity contribution is 6.09. The van der Waals surface area contributed by atoms with Gasteiger partial charge in [-0.25, -0.2) is 0 Å². The first kappa shape index (κ1) is 21.5. The molecule has 6 heteroatoms. The Morgan fingerprint density at radius 3 is 2.58 bits per heavy atom. The molecule has 0 bridgehead atoms. The largest absolute Gasteiger partial charge is 0.323 e. The van der Waals surface area contributed by atoms with Crippen molar-refractivity contribution in [2.45, 2.75) is 6.92 Å². The Bertz CT molecular complexity index is 1380. The van der Waals surface area contributed by atoms with E-state index in [4.69, 9.17) is 5.84 Å². The Balaban J connectivity index is 1.63. The molecular weight excluding hydrogens is 410 g/mol. The lowest BCUT2D eigenvalue weighted by Gasteiger charge is -2.13. The molecule has 3 N–H and O–H groups in total. The van der Waals surface area contributed by atoms with Crippen LogP contribution in [0.15, 0.2) is 90.2 Å². The normalized spacial score (nSPS) is 10.7. The monoisotopic (exact) mass is 431 g/mol. The van der Waals surface area contributed by atoms with E-state index in [9.17, 15) is 10.1 Å². The van der Waals surface area contributed by atoms with Gasteiger partial charge in [-0.05, 0) is 59.5 Å². The molecule has 4 aromatic rings. The average molecular weight is 431 g/mol. The van der Waals surface area contributed by atoms with Crippen LogP contribution >= 0.6 is 0 Å². The van der Waals surface area contributed by atoms with Crippen molar-refractivity contribution in [3.63, 3.8) is 0 Å². The summed E-state index contributed by atoms with van der Waals surface area (Å²) >= 11 is 0. The van der Waals surface area contributed by atoms with Crippen molar-refractivity contribution >= 4 is 17.8 Å². The Labute approximate surface area is 192 Å². The van der Waals surface area contributed by atoms with Crippen LogP contribution in [-0.2, 0) is 0 Å². The quantitative estimate of drug-likeness (QED) is 0.259. The van der Waals surface area contributed by atoms with E-state index in [0.717, 1.165) is 27.8 Å². The van der Waals surface area contributed by atoms with Crippen molar-refractivity contribution in [1.82, 2.24) is 4.98 Å². The van der Waals surface area contributed by atoms with E-state index in [0.29, 0.717) is 22.5 Å². The number of aryl methyl sites for hydroxylation is 1. The molecule has 0 spiro atoms. The number of nitriles is 1. The molecule has 1 amide bonds. The number of nitrogens with one attached hydrogen (secondary N) is 1. The van der Waals surface area contributed by atoms with Gasteiger partial charge in [0.1, 0.15) is 0 Å². The van der Waals surface area contributed by atoms with Gasteiger partial charge >= 0.3 is 0 Å². The molecule has 6 nitrogen and oxygen atoms in total. The zero-order valence-electron chi connectivity index (χ0n) is 18.0. The minimum absolute atomic E-state index is 0.251. The van der Waals surface area contributed by atoms with Gasteiger partial charge in [0.15, 0.2) is 0 Å². The lowest BCUT2D eigenvalue weighted by Crippen LogP contribution is -2.15. The van der Waals surface area contributed by atoms with Crippen LogP contribution in [0.1, 0.15) is 27.0 Å². The lowest BCUT2D eigenvalue weighted by atomic mass is 9.99. The van der Waals surface area contributed by atoms with Crippen molar-refractivity contribution in [3.8, 4) is 28.5 Å². The topological polar surface area (TPSA) is 104 Å². The number of hydrazone groups is 1. The van der Waals surface area contributed by atoms with Gasteiger partial charge in [0.05, 0.1) is 29.1 Å². The minimum Gasteiger partial charge on any atom is -0.323 e. The number of benzene rings is 3. The summed E-state index contributed by atoms with van der Waals surface area (Å²) in [6.07, 6.45) is 3.23. The van der Waals surface area contributed by atoms with Crippen molar-refractivity contribution in [2.24, 2.45) is 10.9 Å². The summed E-state index contributed by atoms with van der Waals surface area (Å²) in [6, 6.07) is 26.4. The van der Waals surface area contributed by atoms with Gasteiger partial charge < -0.3 is 11.2 Å². The maximum Gasteiger partial charge on any atom is 0.258 e. The van der Waals surface area contributed by atoms with Crippen LogP contribution in [0.3, 0.4) is 0 Å². The van der Waals surface area contributed by atoms with Crippen LogP contribution in [0.5, 0.6) is 0 Å². The smallest absolute Gasteiger partial charge is 0.258 e. The zero-order chi connectivity index (χ0) is 23.2. The molecule has 0 aliphatic carbocycles. The molecule has 0 atom stereocenters. The second kappa shape index (κ2) is 9.58. The maximum absolute atomic E-state index is 13.3. The van der Waals surface area contributed by atoms with Gasteiger partial charge in [0, 0.05) is 17.4 Å². The van der Waals surface area contributed by atoms with Crippen LogP contribution in [0.4, 0.5) is 5.69 Å². The number of nitrogens with two attached hydrogens (primary N) is 1. The maximum atomic E-state index is 13.3. The highest BCUT2D eigenvalue weighted by Crippen LogP contribution is 2.27. The van der Waals surface area contributed by atoms with Crippen LogP contribution in [-0.4, -0.2) is 17.1 Å². The van der Waals surface area contributed by atoms with Gasteiger partial charge in [-0.2, -0.15) is 10.4 Å². The molecule has 0 radical (unpaired) electrons. The van der Waals surface area contributed by atoms with Gasteiger partial charge in [-0.1, -0.05) is 48.5 Å². The number of hydrogen-bond acceptors (Lipinski definition) is 5. The Morgan fingerprint density at radius 2 is 1.82 bits per heavy atom. The summed E-state index contributed by atoms with van der Waals surface area (Å²) in [5.41, 5.74) is 6.52. The van der Waals surface area contributed by atoms with E-state index in [1.54, 1.807) is 18.5 Å². The van der Waals surface area contributed by atoms with E-state index < -0.39 is 0 Å². The Kier molecular flexibility index (Phi) is 6.24. The summed E-state index contributed by atoms with van der Waals surface area (Å²) < 4.78 is 0. The molecule has 0 fully saturated rings. The average Bonchev–Trinajstić information content (AvgIpc) is 2.84. The van der Waals surface area contributed by atoms with Crippen LogP contribution in [0.2, 0.25) is 0 Å². The summed E-state index contributed by atoms with van der Waals surface area (Å²) in [5, 5.41) is 15.9. The standard InChI is InChI=1S/C27H21N5O/c1-18-13-14-30-26(21-7-4-5-19(15-21)17-31-29)25(18)27(33)32-23-11-9-20(10-12-23)24-8-3-2-6-22(24)16-28/h2-15,17H,29H2,1H3,(H,32,33). The second-order valence-electron chi connectivity index (χ2n) is 7.44. The van der Waals surface area contributed by atoms with Crippen LogP contribution < -0.4 is 11.2 Å². The molecule has 160 valence electrons. The third-order valence-electron chi connectivity index (χ3n) is 5.27. The fraction of sp³-hybridized carbons (Fsp3) is 0.0370. The molecule has 4 rings (SSSR count). The number of amides is 1. The number of rotatable bonds is 5. The fourth-order valence-electron chi connectivity index (χ4n) is 3.68. The van der Waals surface area contributed by atoms with Crippen molar-refractivity contribution < 1.29 is 4.79 Å². The highest BCUT2D eigenvalue weighted by atomic mass is 16.1. The first-order valence-electron chi connectivity index (χ1n) is 10.3. The van der Waals surface area contributed by atoms with Gasteiger partial charge in [0.2, 0.25) is 0 Å². The predicted octanol–water partition coefficient (Wildman–Crippen LogP) is 5.14. The number of carbonyl (C=O) groups excluding carboxylic acids is 1. The van der Waals surface area contributed by atoms with E-state index in [-0.39, 0.29) is 5.91 Å². The molecular formula is C27H21N5O. The summed E-state index contributed by atoms with van der Waals surface area (Å²) in [7, 11) is 0. The zero-order valence-corrected chi connectivity index (χ0v) is 18.0. The minimum atomic E-state index is -0.251. The molecule has 0 aliphatic heterocycles. The molecule has 33 heavy (non-hydrogen) atoms. The summed E-state index contributed by atoms with van der Waals surface area (Å²) in [5.74, 6) is 5.02. The number of pyridine rings is 1. The van der Waals surface area contributed by atoms with Crippen LogP contribution in [0, 0.1) is 18.3 Å². The van der Waals surface area contributed by atoms with E-state index >= 15 is 0 Å². The van der Waals surface area contributed by atoms with E-state index in [1.165, 1.54) is 0 Å². The highest BCUT2D eigenvalue weighted by Gasteiger charge is 2.17. The fourth-order valence-corrected chi connectivity index (χ4v) is 3.68. The first-order chi connectivity index (χ1) is 16.1. The first-order valence-corrected chi connectivity index (χ1v) is 10.3. The van der Waals surface area contributed by atoms with E-state index in [2.05, 4.69) is 21.5 Å². The number of hydrogen-bond donors (Lipinski definition) is 2. The van der Waals surface area contributed by atoms with Gasteiger partial charge in [-0.15, -0.1) is 0 Å². The second-order valence-corrected chi connectivity index (χ2v) is 7.44. The van der Waals surface area contributed by atoms with Crippen molar-refractivity contribution in [3.05, 3.63) is 107 Å². The number of anilines is 1. The van der Waals surface area contributed by atoms with Crippen molar-refractivity contribution in [2.75, 3.05) is 5.32 Å². The third-order valence-corrected chi connectivity index (χ3v) is 5.27. The summed E-state index contributed by atoms with van der Waals surface area (Å²) in [6.45, 7) is 1.88. The SMILES string of the molecule is Cc1ccnc(-c2cccc(C=NN)c2)c1C(=O)Nc1ccc(-c2ccccc2C#N)cc1. The Hall–Kier alpha value is -4.76. The molecule has 3 aromatic carbocycles. The molecule has 0 unspecified atom stereocenters. The predicted molar refractivity (Wildman–Crippen MR) is 131 cm³/mol. The molecule has 1 aromatic heterocycles. The van der Waals surface area contributed by atoms with Crippen LogP contribution in [0.25, 0.3) is 22.4 Å². The summed E-state index contributed by atoms with van der Waals surface area (Å²) in [4.78, 5) is 17.7. The number of nitrogens with zero attached hydrogens (tertiary/aromatic N) is 3. The Morgan fingerprint density at radius 1 is 1.03 bits per heavy atom. The molecule has 0 saturated carbocycles. The van der Waals surface area contributed by atoms with Gasteiger partial charge in [-0.3, -0.25) is 9.78 Å². The molecule has 0 aliphatic rings. The third kappa shape index (κ3) is 4.63. The molecule has 1 heterocycles. The number of carbonyl (C=O) groups is 1. The van der Waals surface area contributed by atoms with Crippen molar-refractivity contribution in [1.29, 1.82) is 5.26 Å². The lowest BCUT2D eigenvalue weighted by molar-refractivity contribution is 0.102.